The largest absolute Gasteiger partial charge is 0.359 e. The molecular weight excluding hydrogens is 448 g/mol. The lowest BCUT2D eigenvalue weighted by atomic mass is 9.70. The highest BCUT2D eigenvalue weighted by atomic mass is 16.1. The summed E-state index contributed by atoms with van der Waals surface area (Å²) in [6, 6.07) is 11.8. The molecule has 0 spiro atoms. The van der Waals surface area contributed by atoms with Crippen LogP contribution in [0.3, 0.4) is 0 Å². The van der Waals surface area contributed by atoms with Crippen molar-refractivity contribution in [3.05, 3.63) is 63.8 Å². The molecule has 2 aliphatic carbocycles. The van der Waals surface area contributed by atoms with E-state index in [4.69, 9.17) is 0 Å². The summed E-state index contributed by atoms with van der Waals surface area (Å²) in [7, 11) is 0. The third kappa shape index (κ3) is 3.26. The predicted molar refractivity (Wildman–Crippen MR) is 141 cm³/mol. The molecule has 6 nitrogen and oxygen atoms in total. The summed E-state index contributed by atoms with van der Waals surface area (Å²) in [6.07, 6.45) is 3.95. The van der Waals surface area contributed by atoms with Crippen LogP contribution in [0.25, 0.3) is 10.9 Å². The second-order valence-corrected chi connectivity index (χ2v) is 11.0. The monoisotopic (exact) mass is 480 g/mol. The summed E-state index contributed by atoms with van der Waals surface area (Å²) in [6.45, 7) is 8.71. The van der Waals surface area contributed by atoms with Gasteiger partial charge in [0.1, 0.15) is 6.04 Å². The third-order valence-electron chi connectivity index (χ3n) is 8.69. The number of fused-ring (bicyclic) bond motifs is 4. The first kappa shape index (κ1) is 23.0. The molecule has 6 heteroatoms. The van der Waals surface area contributed by atoms with Crippen molar-refractivity contribution >= 4 is 28.2 Å². The molecule has 3 aromatic rings. The fourth-order valence-electron chi connectivity index (χ4n) is 6.34. The molecule has 36 heavy (non-hydrogen) atoms. The summed E-state index contributed by atoms with van der Waals surface area (Å²) in [5, 5.41) is 13.7. The molecule has 3 aliphatic rings. The van der Waals surface area contributed by atoms with Crippen molar-refractivity contribution in [3.8, 4) is 6.07 Å². The number of anilines is 1. The molecule has 1 atom stereocenters. The van der Waals surface area contributed by atoms with Gasteiger partial charge in [-0.3, -0.25) is 9.59 Å². The fourth-order valence-corrected chi connectivity index (χ4v) is 6.34. The molecule has 1 aromatic heterocycles. The van der Waals surface area contributed by atoms with Crippen LogP contribution in [0.1, 0.15) is 78.3 Å². The van der Waals surface area contributed by atoms with Crippen molar-refractivity contribution in [1.82, 2.24) is 10.3 Å². The van der Waals surface area contributed by atoms with Crippen molar-refractivity contribution in [1.29, 1.82) is 5.26 Å². The Morgan fingerprint density at radius 3 is 2.72 bits per heavy atom. The summed E-state index contributed by atoms with van der Waals surface area (Å²) in [4.78, 5) is 33.1. The number of nitrogens with one attached hydrogen (secondary N) is 2. The number of aryl methyl sites for hydroxylation is 1. The van der Waals surface area contributed by atoms with Crippen molar-refractivity contribution in [2.24, 2.45) is 5.92 Å². The lowest BCUT2D eigenvalue weighted by Gasteiger charge is -2.42. The molecule has 0 bridgehead atoms. The summed E-state index contributed by atoms with van der Waals surface area (Å²) in [5.74, 6) is 0.569. The van der Waals surface area contributed by atoms with Gasteiger partial charge in [0.05, 0.1) is 17.2 Å². The van der Waals surface area contributed by atoms with E-state index in [9.17, 15) is 14.9 Å². The Morgan fingerprint density at radius 2 is 2.03 bits per heavy atom. The van der Waals surface area contributed by atoms with Gasteiger partial charge in [-0.1, -0.05) is 33.3 Å². The molecule has 2 aromatic carbocycles. The highest BCUT2D eigenvalue weighted by Gasteiger charge is 2.42. The Morgan fingerprint density at radius 1 is 1.22 bits per heavy atom. The zero-order chi connectivity index (χ0) is 25.2. The van der Waals surface area contributed by atoms with Crippen molar-refractivity contribution in [2.45, 2.75) is 57.9 Å². The van der Waals surface area contributed by atoms with Gasteiger partial charge in [-0.25, -0.2) is 0 Å². The molecule has 2 heterocycles. The van der Waals surface area contributed by atoms with E-state index in [1.807, 2.05) is 12.1 Å². The number of carbonyl (C=O) groups is 2. The van der Waals surface area contributed by atoms with E-state index in [2.05, 4.69) is 54.2 Å². The van der Waals surface area contributed by atoms with Gasteiger partial charge >= 0.3 is 0 Å². The predicted octanol–water partition coefficient (Wildman–Crippen LogP) is 4.62. The van der Waals surface area contributed by atoms with E-state index in [1.165, 1.54) is 0 Å². The number of rotatable bonds is 4. The second-order valence-electron chi connectivity index (χ2n) is 11.0. The molecule has 2 fully saturated rings. The second kappa shape index (κ2) is 8.31. The molecule has 1 unspecified atom stereocenters. The maximum atomic E-state index is 13.9. The maximum Gasteiger partial charge on any atom is 0.195 e. The number of aromatic amines is 1. The molecule has 2 N–H and O–H groups in total. The van der Waals surface area contributed by atoms with Crippen LogP contribution in [-0.4, -0.2) is 42.2 Å². The number of hydrogen-bond acceptors (Lipinski definition) is 5. The number of hydrogen-bond donors (Lipinski definition) is 2. The van der Waals surface area contributed by atoms with E-state index in [1.54, 1.807) is 6.07 Å². The van der Waals surface area contributed by atoms with Gasteiger partial charge < -0.3 is 15.2 Å². The van der Waals surface area contributed by atoms with Gasteiger partial charge in [0.2, 0.25) is 0 Å². The van der Waals surface area contributed by atoms with Crippen LogP contribution in [0, 0.1) is 17.2 Å². The molecule has 184 valence electrons. The van der Waals surface area contributed by atoms with Gasteiger partial charge in [0, 0.05) is 58.8 Å². The first-order valence-corrected chi connectivity index (χ1v) is 13.1. The van der Waals surface area contributed by atoms with E-state index in [-0.39, 0.29) is 17.7 Å². The van der Waals surface area contributed by atoms with Crippen LogP contribution >= 0.6 is 0 Å². The molecular formula is C30H32N4O2. The number of aromatic nitrogens is 1. The van der Waals surface area contributed by atoms with Crippen LogP contribution in [0.15, 0.2) is 30.3 Å². The average molecular weight is 481 g/mol. The van der Waals surface area contributed by atoms with Gasteiger partial charge in [-0.15, -0.1) is 0 Å². The summed E-state index contributed by atoms with van der Waals surface area (Å²) in [5.41, 5.74) is 6.49. The number of H-pyrrole nitrogens is 1. The van der Waals surface area contributed by atoms with Crippen LogP contribution < -0.4 is 10.2 Å². The average Bonchev–Trinajstić information content (AvgIpc) is 3.25. The zero-order valence-electron chi connectivity index (χ0n) is 21.2. The van der Waals surface area contributed by atoms with Gasteiger partial charge in [0.15, 0.2) is 11.6 Å². The topological polar surface area (TPSA) is 89.0 Å². The molecule has 1 saturated carbocycles. The first-order chi connectivity index (χ1) is 17.3. The highest BCUT2D eigenvalue weighted by molar-refractivity contribution is 6.20. The quantitative estimate of drug-likeness (QED) is 0.569. The minimum atomic E-state index is -0.438. The maximum absolute atomic E-state index is 13.9. The summed E-state index contributed by atoms with van der Waals surface area (Å²) >= 11 is 0. The third-order valence-corrected chi connectivity index (χ3v) is 8.69. The van der Waals surface area contributed by atoms with Crippen LogP contribution in [-0.2, 0) is 16.6 Å². The van der Waals surface area contributed by atoms with E-state index >= 15 is 0 Å². The zero-order valence-corrected chi connectivity index (χ0v) is 21.2. The minimum absolute atomic E-state index is 0.0268. The first-order valence-electron chi connectivity index (χ1n) is 13.1. The number of nitrogens with zero attached hydrogens (tertiary/aromatic N) is 2. The Labute approximate surface area is 211 Å². The molecule has 6 rings (SSSR count). The lowest BCUT2D eigenvalue weighted by Crippen LogP contribution is -2.57. The van der Waals surface area contributed by atoms with Crippen LogP contribution in [0.4, 0.5) is 5.69 Å². The van der Waals surface area contributed by atoms with Gasteiger partial charge in [0.25, 0.3) is 0 Å². The van der Waals surface area contributed by atoms with Crippen molar-refractivity contribution in [3.63, 3.8) is 0 Å². The van der Waals surface area contributed by atoms with Crippen LogP contribution in [0.2, 0.25) is 0 Å². The number of piperazine rings is 1. The van der Waals surface area contributed by atoms with Crippen molar-refractivity contribution in [2.75, 3.05) is 24.5 Å². The van der Waals surface area contributed by atoms with Crippen molar-refractivity contribution < 1.29 is 9.59 Å². The normalized spacial score (nSPS) is 21.0. The van der Waals surface area contributed by atoms with Gasteiger partial charge in [-0.2, -0.15) is 5.26 Å². The smallest absolute Gasteiger partial charge is 0.195 e. The fraction of sp³-hybridized carbons (Fsp3) is 0.433. The number of Topliss-reactive ketones (excluding diaryl/α,β-unsaturated/α-hetero) is 1. The Balaban J connectivity index is 1.50. The number of carbonyl (C=O) groups excluding carboxylic acids is 2. The molecule has 1 aliphatic heterocycles. The minimum Gasteiger partial charge on any atom is -0.359 e. The lowest BCUT2D eigenvalue weighted by molar-refractivity contribution is -0.126. The Kier molecular flexibility index (Phi) is 5.31. The van der Waals surface area contributed by atoms with E-state index < -0.39 is 5.41 Å². The van der Waals surface area contributed by atoms with Gasteiger partial charge in [-0.05, 0) is 54.7 Å². The standard InChI is InChI=1S/C30H32N4O2/c1-4-18-13-21-22(14-24(18)34-11-10-32-16-25(34)27(35)19-6-5-7-19)30(2,3)29-26(28(21)36)20-9-8-17(15-31)12-23(20)33-29/h8-9,12-14,19,25,32-33H,4-7,10-11,16H2,1-3H3. The SMILES string of the molecule is CCc1cc2c(cc1N1CCNCC1C(=O)C1CCC1)C(C)(C)c1[nH]c3cc(C#N)ccc3c1C2=O. The van der Waals surface area contributed by atoms with E-state index in [0.29, 0.717) is 23.5 Å². The Hall–Kier alpha value is -3.43. The van der Waals surface area contributed by atoms with Crippen LogP contribution in [0.5, 0.6) is 0 Å². The number of nitriles is 1. The number of ketones is 2. The molecule has 1 saturated heterocycles. The molecule has 0 amide bonds. The Bertz CT molecular complexity index is 1450. The van der Waals surface area contributed by atoms with E-state index in [0.717, 1.165) is 77.7 Å². The highest BCUT2D eigenvalue weighted by Crippen LogP contribution is 2.46. The number of benzene rings is 2. The molecule has 0 radical (unpaired) electrons. The summed E-state index contributed by atoms with van der Waals surface area (Å²) < 4.78 is 0.